The standard InChI is InChI=1S/C22H23ClN6O2/c1-15-3-4-17(23)11-20(15)27-7-9-28(10-8-27)22(31)19-13-29(14-25-19)21-6-5-18(12-24-21)26-16(2)30/h3-6,11-14H,7-10H2,1-2H3,(H,26,30). The van der Waals surface area contributed by atoms with E-state index in [0.29, 0.717) is 35.3 Å². The molecule has 31 heavy (non-hydrogen) atoms. The Hall–Kier alpha value is -3.39. The SMILES string of the molecule is CC(=O)Nc1ccc(-n2cnc(C(=O)N3CCN(c4cc(Cl)ccc4C)CC3)c2)nc1. The number of aryl methyl sites for hydroxylation is 1. The summed E-state index contributed by atoms with van der Waals surface area (Å²) < 4.78 is 1.69. The van der Waals surface area contributed by atoms with E-state index < -0.39 is 0 Å². The molecular weight excluding hydrogens is 416 g/mol. The van der Waals surface area contributed by atoms with Gasteiger partial charge >= 0.3 is 0 Å². The number of imidazole rings is 1. The van der Waals surface area contributed by atoms with Crippen LogP contribution in [0.25, 0.3) is 5.82 Å². The number of anilines is 2. The molecule has 3 heterocycles. The number of amides is 2. The molecule has 1 fully saturated rings. The average Bonchev–Trinajstić information content (AvgIpc) is 3.25. The van der Waals surface area contributed by atoms with Gasteiger partial charge < -0.3 is 15.1 Å². The molecule has 0 atom stereocenters. The molecule has 8 nitrogen and oxygen atoms in total. The lowest BCUT2D eigenvalue weighted by Crippen LogP contribution is -2.49. The lowest BCUT2D eigenvalue weighted by Gasteiger charge is -2.36. The minimum absolute atomic E-state index is 0.101. The first-order valence-electron chi connectivity index (χ1n) is 9.99. The van der Waals surface area contributed by atoms with E-state index >= 15 is 0 Å². The first kappa shape index (κ1) is 20.9. The summed E-state index contributed by atoms with van der Waals surface area (Å²) in [5.41, 5.74) is 3.26. The highest BCUT2D eigenvalue weighted by Crippen LogP contribution is 2.25. The predicted octanol–water partition coefficient (Wildman–Crippen LogP) is 3.15. The Kier molecular flexibility index (Phi) is 5.90. The lowest BCUT2D eigenvalue weighted by atomic mass is 10.1. The van der Waals surface area contributed by atoms with Crippen molar-refractivity contribution in [2.24, 2.45) is 0 Å². The van der Waals surface area contributed by atoms with Crippen molar-refractivity contribution >= 4 is 34.8 Å². The number of halogens is 1. The van der Waals surface area contributed by atoms with Crippen LogP contribution < -0.4 is 10.2 Å². The van der Waals surface area contributed by atoms with E-state index in [2.05, 4.69) is 27.1 Å². The highest BCUT2D eigenvalue weighted by atomic mass is 35.5. The van der Waals surface area contributed by atoms with E-state index in [1.165, 1.54) is 12.5 Å². The molecule has 1 aliphatic rings. The van der Waals surface area contributed by atoms with Crippen LogP contribution in [0.3, 0.4) is 0 Å². The smallest absolute Gasteiger partial charge is 0.274 e. The van der Waals surface area contributed by atoms with Crippen LogP contribution in [0.1, 0.15) is 23.0 Å². The van der Waals surface area contributed by atoms with E-state index in [1.54, 1.807) is 35.4 Å². The van der Waals surface area contributed by atoms with Gasteiger partial charge in [0.15, 0.2) is 0 Å². The summed E-state index contributed by atoms with van der Waals surface area (Å²) >= 11 is 6.15. The normalized spacial score (nSPS) is 13.9. The van der Waals surface area contributed by atoms with E-state index in [0.717, 1.165) is 18.8 Å². The average molecular weight is 439 g/mol. The van der Waals surface area contributed by atoms with Crippen molar-refractivity contribution in [3.8, 4) is 5.82 Å². The van der Waals surface area contributed by atoms with Crippen LogP contribution in [-0.2, 0) is 4.79 Å². The zero-order valence-electron chi connectivity index (χ0n) is 17.4. The molecule has 0 aliphatic carbocycles. The molecule has 1 saturated heterocycles. The summed E-state index contributed by atoms with van der Waals surface area (Å²) in [6, 6.07) is 9.38. The summed E-state index contributed by atoms with van der Waals surface area (Å²) in [5.74, 6) is 0.355. The molecule has 0 saturated carbocycles. The quantitative estimate of drug-likeness (QED) is 0.676. The number of rotatable bonds is 4. The van der Waals surface area contributed by atoms with Crippen molar-refractivity contribution in [2.75, 3.05) is 36.4 Å². The zero-order valence-corrected chi connectivity index (χ0v) is 18.1. The van der Waals surface area contributed by atoms with Crippen LogP contribution in [0.15, 0.2) is 49.1 Å². The van der Waals surface area contributed by atoms with Crippen molar-refractivity contribution in [2.45, 2.75) is 13.8 Å². The molecule has 3 aromatic rings. The third-order valence-corrected chi connectivity index (χ3v) is 5.45. The predicted molar refractivity (Wildman–Crippen MR) is 120 cm³/mol. The maximum atomic E-state index is 12.9. The summed E-state index contributed by atoms with van der Waals surface area (Å²) in [6.07, 6.45) is 4.81. The molecule has 2 amide bonds. The number of hydrogen-bond donors (Lipinski definition) is 1. The Morgan fingerprint density at radius 1 is 1.06 bits per heavy atom. The second kappa shape index (κ2) is 8.77. The van der Waals surface area contributed by atoms with E-state index in [1.807, 2.05) is 23.1 Å². The van der Waals surface area contributed by atoms with Crippen molar-refractivity contribution in [3.05, 3.63) is 65.3 Å². The number of carbonyl (C=O) groups excluding carboxylic acids is 2. The molecule has 1 aromatic carbocycles. The van der Waals surface area contributed by atoms with Gasteiger partial charge in [0, 0.05) is 50.0 Å². The second-order valence-electron chi connectivity index (χ2n) is 7.46. The Morgan fingerprint density at radius 3 is 2.52 bits per heavy atom. The van der Waals surface area contributed by atoms with Gasteiger partial charge in [0.25, 0.3) is 5.91 Å². The largest absolute Gasteiger partial charge is 0.368 e. The van der Waals surface area contributed by atoms with Crippen LogP contribution >= 0.6 is 11.6 Å². The maximum Gasteiger partial charge on any atom is 0.274 e. The minimum atomic E-state index is -0.157. The van der Waals surface area contributed by atoms with Gasteiger partial charge in [-0.05, 0) is 36.8 Å². The monoisotopic (exact) mass is 438 g/mol. The number of hydrogen-bond acceptors (Lipinski definition) is 5. The van der Waals surface area contributed by atoms with Crippen LogP contribution in [0.5, 0.6) is 0 Å². The molecule has 2 aromatic heterocycles. The number of nitrogens with one attached hydrogen (secondary N) is 1. The Labute approximate surface area is 185 Å². The second-order valence-corrected chi connectivity index (χ2v) is 7.90. The van der Waals surface area contributed by atoms with Crippen molar-refractivity contribution in [1.82, 2.24) is 19.4 Å². The van der Waals surface area contributed by atoms with Gasteiger partial charge in [-0.3, -0.25) is 14.2 Å². The number of pyridine rings is 1. The molecule has 0 unspecified atom stereocenters. The molecule has 160 valence electrons. The molecule has 0 spiro atoms. The van der Waals surface area contributed by atoms with Gasteiger partial charge in [-0.25, -0.2) is 9.97 Å². The number of nitrogens with zero attached hydrogens (tertiary/aromatic N) is 5. The lowest BCUT2D eigenvalue weighted by molar-refractivity contribution is -0.114. The van der Waals surface area contributed by atoms with Gasteiger partial charge in [-0.2, -0.15) is 0 Å². The van der Waals surface area contributed by atoms with Crippen LogP contribution in [0, 0.1) is 6.92 Å². The number of aromatic nitrogens is 3. The van der Waals surface area contributed by atoms with Crippen molar-refractivity contribution in [1.29, 1.82) is 0 Å². The summed E-state index contributed by atoms with van der Waals surface area (Å²) in [5, 5.41) is 3.38. The van der Waals surface area contributed by atoms with E-state index in [9.17, 15) is 9.59 Å². The fourth-order valence-electron chi connectivity index (χ4n) is 3.61. The molecule has 4 rings (SSSR count). The van der Waals surface area contributed by atoms with E-state index in [4.69, 9.17) is 11.6 Å². The van der Waals surface area contributed by atoms with E-state index in [-0.39, 0.29) is 11.8 Å². The topological polar surface area (TPSA) is 83.4 Å². The summed E-state index contributed by atoms with van der Waals surface area (Å²) in [7, 11) is 0. The Bertz CT molecular complexity index is 1100. The minimum Gasteiger partial charge on any atom is -0.368 e. The third kappa shape index (κ3) is 4.69. The highest BCUT2D eigenvalue weighted by Gasteiger charge is 2.24. The third-order valence-electron chi connectivity index (χ3n) is 5.21. The fourth-order valence-corrected chi connectivity index (χ4v) is 3.78. The summed E-state index contributed by atoms with van der Waals surface area (Å²) in [6.45, 7) is 6.20. The van der Waals surface area contributed by atoms with Crippen LogP contribution in [0.2, 0.25) is 5.02 Å². The van der Waals surface area contributed by atoms with Gasteiger partial charge in [-0.1, -0.05) is 17.7 Å². The van der Waals surface area contributed by atoms with Gasteiger partial charge in [0.1, 0.15) is 17.8 Å². The molecule has 1 N–H and O–H groups in total. The maximum absolute atomic E-state index is 12.9. The first-order valence-corrected chi connectivity index (χ1v) is 10.4. The Balaban J connectivity index is 1.40. The Morgan fingerprint density at radius 2 is 1.84 bits per heavy atom. The zero-order chi connectivity index (χ0) is 22.0. The fraction of sp³-hybridized carbons (Fsp3) is 0.273. The van der Waals surface area contributed by atoms with Crippen LogP contribution in [0.4, 0.5) is 11.4 Å². The van der Waals surface area contributed by atoms with Gasteiger partial charge in [0.05, 0.1) is 11.9 Å². The first-order chi connectivity index (χ1) is 14.9. The van der Waals surface area contributed by atoms with Crippen LogP contribution in [-0.4, -0.2) is 57.4 Å². The highest BCUT2D eigenvalue weighted by molar-refractivity contribution is 6.30. The van der Waals surface area contributed by atoms with Gasteiger partial charge in [-0.15, -0.1) is 0 Å². The van der Waals surface area contributed by atoms with Crippen molar-refractivity contribution < 1.29 is 9.59 Å². The number of benzene rings is 1. The molecule has 9 heteroatoms. The van der Waals surface area contributed by atoms with Gasteiger partial charge in [0.2, 0.25) is 5.91 Å². The van der Waals surface area contributed by atoms with Crippen molar-refractivity contribution in [3.63, 3.8) is 0 Å². The number of piperazine rings is 1. The number of carbonyl (C=O) groups is 2. The summed E-state index contributed by atoms with van der Waals surface area (Å²) in [4.78, 5) is 36.7. The molecular formula is C22H23ClN6O2. The molecule has 0 radical (unpaired) electrons. The molecule has 0 bridgehead atoms. The molecule has 1 aliphatic heterocycles.